The summed E-state index contributed by atoms with van der Waals surface area (Å²) in [6, 6.07) is 28.6. The van der Waals surface area contributed by atoms with Gasteiger partial charge in [0.1, 0.15) is 24.0 Å². The van der Waals surface area contributed by atoms with E-state index in [1.54, 1.807) is 6.08 Å². The van der Waals surface area contributed by atoms with Crippen LogP contribution < -0.4 is 10.1 Å². The minimum absolute atomic E-state index is 0.0311. The molecule has 0 bridgehead atoms. The first-order valence-electron chi connectivity index (χ1n) is 9.40. The Morgan fingerprint density at radius 1 is 1.00 bits per heavy atom. The van der Waals surface area contributed by atoms with E-state index in [1.807, 2.05) is 97.9 Å². The topological polar surface area (TPSA) is 62.1 Å². The molecule has 3 aromatic rings. The molecule has 0 unspecified atom stereocenters. The summed E-state index contributed by atoms with van der Waals surface area (Å²) in [4.78, 5) is 12.6. The van der Waals surface area contributed by atoms with Crippen molar-refractivity contribution in [2.45, 2.75) is 19.6 Å². The third-order valence-electron chi connectivity index (χ3n) is 4.47. The number of carbonyl (C=O) groups is 1. The predicted octanol–water partition coefficient (Wildman–Crippen LogP) is 5.05. The van der Waals surface area contributed by atoms with E-state index in [0.717, 1.165) is 11.1 Å². The fourth-order valence-corrected chi connectivity index (χ4v) is 2.87. The molecule has 0 spiro atoms. The van der Waals surface area contributed by atoms with Gasteiger partial charge in [-0.1, -0.05) is 78.9 Å². The highest BCUT2D eigenvalue weighted by Gasteiger charge is 2.14. The molecular weight excluding hydrogens is 360 g/mol. The largest absolute Gasteiger partial charge is 0.488 e. The number of nitrogens with zero attached hydrogens (tertiary/aromatic N) is 1. The monoisotopic (exact) mass is 382 g/mol. The molecule has 0 heterocycles. The number of nitriles is 1. The molecule has 0 aliphatic rings. The van der Waals surface area contributed by atoms with Gasteiger partial charge in [0.2, 0.25) is 0 Å². The first-order chi connectivity index (χ1) is 14.2. The highest BCUT2D eigenvalue weighted by atomic mass is 16.5. The van der Waals surface area contributed by atoms with Crippen molar-refractivity contribution in [3.05, 3.63) is 107 Å². The summed E-state index contributed by atoms with van der Waals surface area (Å²) >= 11 is 0. The van der Waals surface area contributed by atoms with Crippen LogP contribution in [0.3, 0.4) is 0 Å². The maximum absolute atomic E-state index is 12.6. The van der Waals surface area contributed by atoms with Gasteiger partial charge in [0.25, 0.3) is 5.91 Å². The SMILES string of the molecule is C[C@@H](NC(=O)/C(C#N)=C/c1ccccc1OCc1ccccc1)c1ccccc1. The molecule has 4 heteroatoms. The van der Waals surface area contributed by atoms with E-state index in [-0.39, 0.29) is 11.6 Å². The zero-order valence-electron chi connectivity index (χ0n) is 16.2. The number of amides is 1. The van der Waals surface area contributed by atoms with Crippen LogP contribution in [0.4, 0.5) is 0 Å². The highest BCUT2D eigenvalue weighted by molar-refractivity contribution is 6.02. The van der Waals surface area contributed by atoms with Crippen LogP contribution in [0.25, 0.3) is 6.08 Å². The van der Waals surface area contributed by atoms with Gasteiger partial charge in [-0.15, -0.1) is 0 Å². The quantitative estimate of drug-likeness (QED) is 0.459. The smallest absolute Gasteiger partial charge is 0.262 e. The van der Waals surface area contributed by atoms with E-state index in [4.69, 9.17) is 4.74 Å². The minimum atomic E-state index is -0.415. The van der Waals surface area contributed by atoms with Crippen LogP contribution in [0.5, 0.6) is 5.75 Å². The number of benzene rings is 3. The molecule has 0 aliphatic carbocycles. The Morgan fingerprint density at radius 3 is 2.31 bits per heavy atom. The molecule has 0 saturated heterocycles. The first-order valence-corrected chi connectivity index (χ1v) is 9.40. The standard InChI is InChI=1S/C25H22N2O2/c1-19(21-12-6-3-7-13-21)27-25(28)23(17-26)16-22-14-8-9-15-24(22)29-18-20-10-4-2-5-11-20/h2-16,19H,18H2,1H3,(H,27,28)/b23-16+/t19-/m1/s1. The van der Waals surface area contributed by atoms with E-state index in [0.29, 0.717) is 17.9 Å². The van der Waals surface area contributed by atoms with Crippen LogP contribution in [0.2, 0.25) is 0 Å². The second kappa shape index (κ2) is 9.91. The fourth-order valence-electron chi connectivity index (χ4n) is 2.87. The van der Waals surface area contributed by atoms with Crippen LogP contribution in [0, 0.1) is 11.3 Å². The highest BCUT2D eigenvalue weighted by Crippen LogP contribution is 2.22. The van der Waals surface area contributed by atoms with Gasteiger partial charge >= 0.3 is 0 Å². The molecule has 0 fully saturated rings. The van der Waals surface area contributed by atoms with Crippen LogP contribution in [-0.4, -0.2) is 5.91 Å². The predicted molar refractivity (Wildman–Crippen MR) is 114 cm³/mol. The van der Waals surface area contributed by atoms with Crippen molar-refractivity contribution in [2.75, 3.05) is 0 Å². The number of hydrogen-bond donors (Lipinski definition) is 1. The summed E-state index contributed by atoms with van der Waals surface area (Å²) in [5.74, 6) is 0.203. The van der Waals surface area contributed by atoms with Crippen molar-refractivity contribution >= 4 is 12.0 Å². The number of para-hydroxylation sites is 1. The van der Waals surface area contributed by atoms with Crippen molar-refractivity contribution in [3.8, 4) is 11.8 Å². The van der Waals surface area contributed by atoms with E-state index in [2.05, 4.69) is 5.32 Å². The number of carbonyl (C=O) groups excluding carboxylic acids is 1. The summed E-state index contributed by atoms with van der Waals surface area (Å²) in [5, 5.41) is 12.4. The molecule has 1 amide bonds. The van der Waals surface area contributed by atoms with E-state index >= 15 is 0 Å². The first kappa shape index (κ1) is 19.9. The molecule has 3 aromatic carbocycles. The maximum Gasteiger partial charge on any atom is 0.262 e. The summed E-state index contributed by atoms with van der Waals surface area (Å²) < 4.78 is 5.91. The second-order valence-electron chi connectivity index (χ2n) is 6.59. The Morgan fingerprint density at radius 2 is 1.62 bits per heavy atom. The molecule has 1 N–H and O–H groups in total. The van der Waals surface area contributed by atoms with Crippen molar-refractivity contribution in [2.24, 2.45) is 0 Å². The van der Waals surface area contributed by atoms with Gasteiger partial charge < -0.3 is 10.1 Å². The Balaban J connectivity index is 1.75. The number of nitrogens with one attached hydrogen (secondary N) is 1. The lowest BCUT2D eigenvalue weighted by Gasteiger charge is -2.14. The summed E-state index contributed by atoms with van der Waals surface area (Å²) in [6.07, 6.45) is 1.56. The molecule has 0 aliphatic heterocycles. The van der Waals surface area contributed by atoms with Crippen molar-refractivity contribution in [1.82, 2.24) is 5.32 Å². The van der Waals surface area contributed by atoms with Gasteiger partial charge in [0, 0.05) is 5.56 Å². The molecule has 4 nitrogen and oxygen atoms in total. The van der Waals surface area contributed by atoms with Gasteiger partial charge in [-0.2, -0.15) is 5.26 Å². The van der Waals surface area contributed by atoms with E-state index < -0.39 is 5.91 Å². The zero-order chi connectivity index (χ0) is 20.5. The molecule has 144 valence electrons. The molecule has 1 atom stereocenters. The lowest BCUT2D eigenvalue weighted by molar-refractivity contribution is -0.117. The van der Waals surface area contributed by atoms with E-state index in [9.17, 15) is 10.1 Å². The van der Waals surface area contributed by atoms with E-state index in [1.165, 1.54) is 0 Å². The summed E-state index contributed by atoms with van der Waals surface area (Å²) in [5.41, 5.74) is 2.73. The molecule has 3 rings (SSSR count). The third-order valence-corrected chi connectivity index (χ3v) is 4.47. The molecule has 0 aromatic heterocycles. The normalized spacial score (nSPS) is 11.9. The van der Waals surface area contributed by atoms with Crippen molar-refractivity contribution in [1.29, 1.82) is 5.26 Å². The average molecular weight is 382 g/mol. The van der Waals surface area contributed by atoms with Crippen LogP contribution in [-0.2, 0) is 11.4 Å². The third kappa shape index (κ3) is 5.57. The lowest BCUT2D eigenvalue weighted by atomic mass is 10.1. The van der Waals surface area contributed by atoms with Gasteiger partial charge in [-0.25, -0.2) is 0 Å². The number of hydrogen-bond acceptors (Lipinski definition) is 3. The minimum Gasteiger partial charge on any atom is -0.488 e. The molecular formula is C25H22N2O2. The van der Waals surface area contributed by atoms with Gasteiger partial charge in [0.05, 0.1) is 6.04 Å². The average Bonchev–Trinajstić information content (AvgIpc) is 2.77. The summed E-state index contributed by atoms with van der Waals surface area (Å²) in [7, 11) is 0. The molecule has 29 heavy (non-hydrogen) atoms. The summed E-state index contributed by atoms with van der Waals surface area (Å²) in [6.45, 7) is 2.30. The van der Waals surface area contributed by atoms with Crippen LogP contribution in [0.1, 0.15) is 29.7 Å². The van der Waals surface area contributed by atoms with Gasteiger partial charge in [-0.05, 0) is 30.2 Å². The number of rotatable bonds is 7. The van der Waals surface area contributed by atoms with Crippen molar-refractivity contribution in [3.63, 3.8) is 0 Å². The van der Waals surface area contributed by atoms with Crippen molar-refractivity contribution < 1.29 is 9.53 Å². The molecule has 0 radical (unpaired) electrons. The Bertz CT molecular complexity index is 1020. The maximum atomic E-state index is 12.6. The van der Waals surface area contributed by atoms with Crippen LogP contribution >= 0.6 is 0 Å². The number of ether oxygens (including phenoxy) is 1. The Labute approximate surface area is 171 Å². The molecule has 0 saturated carbocycles. The van der Waals surface area contributed by atoms with Gasteiger partial charge in [0.15, 0.2) is 0 Å². The second-order valence-corrected chi connectivity index (χ2v) is 6.59. The Kier molecular flexibility index (Phi) is 6.80. The fraction of sp³-hybridized carbons (Fsp3) is 0.120. The lowest BCUT2D eigenvalue weighted by Crippen LogP contribution is -2.27. The van der Waals surface area contributed by atoms with Crippen LogP contribution in [0.15, 0.2) is 90.5 Å². The zero-order valence-corrected chi connectivity index (χ0v) is 16.2. The van der Waals surface area contributed by atoms with Gasteiger partial charge in [-0.3, -0.25) is 4.79 Å². The Hall–Kier alpha value is -3.84.